The maximum atomic E-state index is 5.48. The van der Waals surface area contributed by atoms with Crippen molar-refractivity contribution in [1.82, 2.24) is 0 Å². The molecule has 0 saturated heterocycles. The van der Waals surface area contributed by atoms with Gasteiger partial charge < -0.3 is 16.6 Å². The number of hydrogen-bond acceptors (Lipinski definition) is 1. The van der Waals surface area contributed by atoms with Crippen molar-refractivity contribution in [2.75, 3.05) is 0 Å². The Bertz CT molecular complexity index is 649. The fourth-order valence-corrected chi connectivity index (χ4v) is 13.4. The maximum Gasteiger partial charge on any atom is 2.00 e. The molecule has 134 valence electrons. The summed E-state index contributed by atoms with van der Waals surface area (Å²) >= 11 is 0. The summed E-state index contributed by atoms with van der Waals surface area (Å²) in [6.45, 7) is 13.9. The van der Waals surface area contributed by atoms with Crippen molar-refractivity contribution in [1.29, 1.82) is 0 Å². The normalized spacial score (nSPS) is 11.9. The van der Waals surface area contributed by atoms with Gasteiger partial charge >= 0.3 is 21.7 Å². The second-order valence-electron chi connectivity index (χ2n) is 7.81. The van der Waals surface area contributed by atoms with Crippen molar-refractivity contribution in [2.45, 2.75) is 39.3 Å². The van der Waals surface area contributed by atoms with Gasteiger partial charge in [0.1, 0.15) is 0 Å². The minimum atomic E-state index is -2.07. The van der Waals surface area contributed by atoms with Gasteiger partial charge in [-0.25, -0.2) is 0 Å². The Kier molecular flexibility index (Phi) is 9.55. The predicted octanol–water partition coefficient (Wildman–Crippen LogP) is 6.24. The van der Waals surface area contributed by atoms with Crippen LogP contribution in [-0.2, 0) is 21.7 Å². The molecule has 0 atom stereocenters. The second kappa shape index (κ2) is 9.64. The minimum absolute atomic E-state index is 0. The molecule has 2 aromatic rings. The molecule has 0 spiro atoms. The number of rotatable bonds is 5. The van der Waals surface area contributed by atoms with Crippen LogP contribution in [0.25, 0.3) is 4.75 Å². The Balaban J connectivity index is 0.00000288. The van der Waals surface area contributed by atoms with Crippen LogP contribution in [0.5, 0.6) is 0 Å². The maximum absolute atomic E-state index is 5.48. The monoisotopic (exact) mass is 422 g/mol. The average molecular weight is 422 g/mol. The van der Waals surface area contributed by atoms with Crippen molar-refractivity contribution >= 4 is 34.3 Å². The summed E-state index contributed by atoms with van der Waals surface area (Å²) in [6.07, 6.45) is 0. The van der Waals surface area contributed by atoms with Gasteiger partial charge in [-0.1, -0.05) is 115 Å². The first-order chi connectivity index (χ1) is 10.6. The van der Waals surface area contributed by atoms with Crippen molar-refractivity contribution < 1.29 is 21.7 Å². The Labute approximate surface area is 172 Å². The molecule has 0 N–H and O–H groups in total. The zero-order valence-electron chi connectivity index (χ0n) is 16.6. The summed E-state index contributed by atoms with van der Waals surface area (Å²) in [6, 6.07) is 21.5. The van der Waals surface area contributed by atoms with Crippen molar-refractivity contribution in [2.24, 2.45) is 4.41 Å². The van der Waals surface area contributed by atoms with E-state index >= 15 is 0 Å². The van der Waals surface area contributed by atoms with Crippen LogP contribution in [0.15, 0.2) is 65.1 Å². The van der Waals surface area contributed by atoms with Gasteiger partial charge in [-0.05, 0) is 10.6 Å². The van der Waals surface area contributed by atoms with E-state index in [0.717, 1.165) is 0 Å². The SMILES string of the molecule is C[Si](C)(C)N=P([N-][Si](C)(C)C)(c1ccccc1)c1ccccc1.[CH3-].[Ti+2]. The molecule has 2 nitrogen and oxygen atoms in total. The molecule has 0 fully saturated rings. The second-order valence-corrected chi connectivity index (χ2v) is 20.3. The largest absolute Gasteiger partial charge is 2.00 e. The molecule has 0 radical (unpaired) electrons. The smallest absolute Gasteiger partial charge is 0.617 e. The number of benzene rings is 2. The van der Waals surface area contributed by atoms with Crippen LogP contribution in [-0.4, -0.2) is 16.5 Å². The van der Waals surface area contributed by atoms with Gasteiger partial charge in [-0.3, -0.25) is 0 Å². The molecule has 0 aliphatic carbocycles. The molecule has 0 aromatic heterocycles. The van der Waals surface area contributed by atoms with Gasteiger partial charge in [0.15, 0.2) is 8.24 Å². The van der Waals surface area contributed by atoms with Crippen LogP contribution in [0.2, 0.25) is 39.3 Å². The summed E-state index contributed by atoms with van der Waals surface area (Å²) in [5, 5.41) is 2.58. The van der Waals surface area contributed by atoms with Crippen LogP contribution < -0.4 is 10.6 Å². The molecule has 0 saturated carbocycles. The molecule has 0 bridgehead atoms. The average Bonchev–Trinajstić information content (AvgIpc) is 2.45. The topological polar surface area (TPSA) is 26.5 Å². The third kappa shape index (κ3) is 7.13. The van der Waals surface area contributed by atoms with Crippen molar-refractivity contribution in [3.8, 4) is 0 Å². The van der Waals surface area contributed by atoms with Crippen molar-refractivity contribution in [3.63, 3.8) is 0 Å². The van der Waals surface area contributed by atoms with E-state index in [9.17, 15) is 0 Å². The first-order valence-corrected chi connectivity index (χ1v) is 16.7. The number of hydrogen-bond donors (Lipinski definition) is 0. The van der Waals surface area contributed by atoms with E-state index < -0.39 is 23.7 Å². The molecule has 0 aliphatic rings. The summed E-state index contributed by atoms with van der Waals surface area (Å²) in [5.74, 6) is 0. The molecule has 0 heterocycles. The van der Waals surface area contributed by atoms with E-state index in [1.54, 1.807) is 0 Å². The molecule has 2 aromatic carbocycles. The minimum Gasteiger partial charge on any atom is -0.617 e. The summed E-state index contributed by atoms with van der Waals surface area (Å²) in [5.41, 5.74) is 0. The molecule has 0 amide bonds. The zero-order valence-corrected chi connectivity index (χ0v) is 21.1. The van der Waals surface area contributed by atoms with Crippen LogP contribution in [0.3, 0.4) is 0 Å². The Morgan fingerprint density at radius 3 is 1.36 bits per heavy atom. The van der Waals surface area contributed by atoms with Crippen LogP contribution in [0.4, 0.5) is 0 Å². The Morgan fingerprint density at radius 2 is 1.08 bits per heavy atom. The number of nitrogens with zero attached hydrogens (tertiary/aromatic N) is 2. The first kappa shape index (κ1) is 24.8. The molecule has 25 heavy (non-hydrogen) atoms. The van der Waals surface area contributed by atoms with Gasteiger partial charge in [0.2, 0.25) is 0 Å². The van der Waals surface area contributed by atoms with Crippen LogP contribution >= 0.6 is 7.21 Å². The van der Waals surface area contributed by atoms with E-state index in [1.165, 1.54) is 10.6 Å². The molecule has 0 unspecified atom stereocenters. The fourth-order valence-electron chi connectivity index (χ4n) is 2.54. The third-order valence-electron chi connectivity index (χ3n) is 3.12. The third-order valence-corrected chi connectivity index (χ3v) is 12.3. The quantitative estimate of drug-likeness (QED) is 0.310. The molecule has 6 heteroatoms. The summed E-state index contributed by atoms with van der Waals surface area (Å²) in [4.78, 5) is 0. The van der Waals surface area contributed by atoms with Crippen LogP contribution in [0.1, 0.15) is 0 Å². The Hall–Kier alpha value is -0.222. The predicted molar refractivity (Wildman–Crippen MR) is 118 cm³/mol. The van der Waals surface area contributed by atoms with E-state index in [1.807, 2.05) is 0 Å². The standard InChI is InChI=1S/C18H28N2PSi2.CH3.Ti/c1-22(2,3)19-21(20-23(4,5)6,17-13-9-7-10-14-17)18-15-11-8-12-16-18;;/h7-16H,1-6H3;1H3;/q2*-1;+2. The first-order valence-electron chi connectivity index (χ1n) is 8.12. The van der Waals surface area contributed by atoms with Gasteiger partial charge in [0.25, 0.3) is 0 Å². The Morgan fingerprint density at radius 1 is 0.720 bits per heavy atom. The zero-order chi connectivity index (χ0) is 17.1. The molecule has 0 aliphatic heterocycles. The molecular formula is C19H31N2PSi2Ti. The van der Waals surface area contributed by atoms with E-state index in [0.29, 0.717) is 0 Å². The van der Waals surface area contributed by atoms with E-state index in [4.69, 9.17) is 9.16 Å². The molecule has 2 rings (SSSR count). The van der Waals surface area contributed by atoms with Crippen LogP contribution in [0, 0.1) is 7.43 Å². The van der Waals surface area contributed by atoms with Gasteiger partial charge in [-0.2, -0.15) is 0 Å². The van der Waals surface area contributed by atoms with Gasteiger partial charge in [0, 0.05) is 0 Å². The van der Waals surface area contributed by atoms with E-state index in [-0.39, 0.29) is 29.1 Å². The van der Waals surface area contributed by atoms with Gasteiger partial charge in [0.05, 0.1) is 0 Å². The summed E-state index contributed by atoms with van der Waals surface area (Å²) < 4.78 is 11.0. The van der Waals surface area contributed by atoms with Gasteiger partial charge in [-0.15, -0.1) is 0 Å². The fraction of sp³-hybridized carbons (Fsp3) is 0.316. The summed E-state index contributed by atoms with van der Waals surface area (Å²) in [7, 11) is -5.38. The van der Waals surface area contributed by atoms with Crippen molar-refractivity contribution in [3.05, 3.63) is 72.8 Å². The van der Waals surface area contributed by atoms with E-state index in [2.05, 4.69) is 99.9 Å². The molecular weight excluding hydrogens is 391 g/mol.